The Balaban J connectivity index is 2.15. The number of nitrogens with zero attached hydrogens (tertiary/aromatic N) is 1. The highest BCUT2D eigenvalue weighted by Crippen LogP contribution is 2.14. The topological polar surface area (TPSA) is 23.5 Å². The van der Waals surface area contributed by atoms with Gasteiger partial charge in [-0.1, -0.05) is 0 Å². The smallest absolute Gasteiger partial charge is 0.102 e. The molecular formula is C7H14FNO. The highest BCUT2D eigenvalue weighted by atomic mass is 19.1. The number of alkyl halides is 1. The maximum atomic E-state index is 11.8. The van der Waals surface area contributed by atoms with Crippen LogP contribution in [0.1, 0.15) is 6.42 Å². The zero-order valence-corrected chi connectivity index (χ0v) is 6.09. The van der Waals surface area contributed by atoms with Crippen molar-refractivity contribution in [3.8, 4) is 0 Å². The Morgan fingerprint density at radius 2 is 2.40 bits per heavy atom. The summed E-state index contributed by atoms with van der Waals surface area (Å²) in [5.41, 5.74) is 0. The summed E-state index contributed by atoms with van der Waals surface area (Å²) in [5.74, 6) is 0.395. The molecule has 1 heterocycles. The van der Waals surface area contributed by atoms with Crippen molar-refractivity contribution in [3.63, 3.8) is 0 Å². The first-order valence-electron chi connectivity index (χ1n) is 3.76. The molecule has 0 saturated carbocycles. The summed E-state index contributed by atoms with van der Waals surface area (Å²) in [6.07, 6.45) is 1.02. The molecule has 0 aromatic heterocycles. The lowest BCUT2D eigenvalue weighted by molar-refractivity contribution is 0.217. The van der Waals surface area contributed by atoms with Crippen molar-refractivity contribution in [3.05, 3.63) is 0 Å². The van der Waals surface area contributed by atoms with Crippen LogP contribution in [0.5, 0.6) is 0 Å². The molecule has 1 unspecified atom stereocenters. The minimum Gasteiger partial charge on any atom is -0.396 e. The van der Waals surface area contributed by atoms with Gasteiger partial charge in [0.1, 0.15) is 6.67 Å². The van der Waals surface area contributed by atoms with Gasteiger partial charge in [0.25, 0.3) is 0 Å². The van der Waals surface area contributed by atoms with Gasteiger partial charge in [0, 0.05) is 19.7 Å². The average molecular weight is 147 g/mol. The Hall–Kier alpha value is -0.150. The molecule has 0 aromatic carbocycles. The van der Waals surface area contributed by atoms with Crippen molar-refractivity contribution in [2.75, 3.05) is 32.9 Å². The summed E-state index contributed by atoms with van der Waals surface area (Å²) in [6.45, 7) is 2.35. The van der Waals surface area contributed by atoms with Crippen LogP contribution in [-0.2, 0) is 0 Å². The summed E-state index contributed by atoms with van der Waals surface area (Å²) in [5, 5.41) is 8.73. The minimum atomic E-state index is -0.266. The van der Waals surface area contributed by atoms with E-state index < -0.39 is 0 Å². The molecule has 1 saturated heterocycles. The second kappa shape index (κ2) is 3.88. The Morgan fingerprint density at radius 1 is 1.60 bits per heavy atom. The standard InChI is InChI=1S/C7H14FNO/c8-2-4-9-3-1-7(5-9)6-10/h7,10H,1-6H2. The van der Waals surface area contributed by atoms with Gasteiger partial charge in [0.2, 0.25) is 0 Å². The van der Waals surface area contributed by atoms with Crippen LogP contribution >= 0.6 is 0 Å². The molecule has 0 amide bonds. The van der Waals surface area contributed by atoms with Crippen LogP contribution in [0, 0.1) is 5.92 Å². The first-order valence-corrected chi connectivity index (χ1v) is 3.76. The van der Waals surface area contributed by atoms with Crippen LogP contribution in [0.4, 0.5) is 4.39 Å². The number of halogens is 1. The lowest BCUT2D eigenvalue weighted by atomic mass is 10.1. The monoisotopic (exact) mass is 147 g/mol. The van der Waals surface area contributed by atoms with Gasteiger partial charge in [-0.05, 0) is 18.9 Å². The van der Waals surface area contributed by atoms with Gasteiger partial charge in [0.05, 0.1) is 0 Å². The molecular weight excluding hydrogens is 133 g/mol. The van der Waals surface area contributed by atoms with Crippen molar-refractivity contribution in [2.45, 2.75) is 6.42 Å². The van der Waals surface area contributed by atoms with E-state index in [0.29, 0.717) is 12.5 Å². The van der Waals surface area contributed by atoms with E-state index in [2.05, 4.69) is 4.90 Å². The van der Waals surface area contributed by atoms with Gasteiger partial charge in [-0.25, -0.2) is 4.39 Å². The van der Waals surface area contributed by atoms with Crippen molar-refractivity contribution in [1.29, 1.82) is 0 Å². The maximum Gasteiger partial charge on any atom is 0.102 e. The normalized spacial score (nSPS) is 27.6. The Morgan fingerprint density at radius 3 is 2.90 bits per heavy atom. The molecule has 1 aliphatic rings. The third kappa shape index (κ3) is 1.92. The third-order valence-corrected chi connectivity index (χ3v) is 2.03. The number of likely N-dealkylation sites (tertiary alicyclic amines) is 1. The third-order valence-electron chi connectivity index (χ3n) is 2.03. The second-order valence-electron chi connectivity index (χ2n) is 2.83. The molecule has 1 atom stereocenters. The fourth-order valence-corrected chi connectivity index (χ4v) is 1.38. The first kappa shape index (κ1) is 7.95. The van der Waals surface area contributed by atoms with Crippen LogP contribution in [0.3, 0.4) is 0 Å². The van der Waals surface area contributed by atoms with Crippen molar-refractivity contribution in [2.24, 2.45) is 5.92 Å². The molecule has 1 fully saturated rings. The quantitative estimate of drug-likeness (QED) is 0.619. The van der Waals surface area contributed by atoms with E-state index in [1.54, 1.807) is 0 Å². The van der Waals surface area contributed by atoms with Crippen LogP contribution < -0.4 is 0 Å². The van der Waals surface area contributed by atoms with E-state index in [1.165, 1.54) is 0 Å². The van der Waals surface area contributed by atoms with Gasteiger partial charge < -0.3 is 10.0 Å². The minimum absolute atomic E-state index is 0.253. The fourth-order valence-electron chi connectivity index (χ4n) is 1.38. The van der Waals surface area contributed by atoms with Gasteiger partial charge in [-0.15, -0.1) is 0 Å². The van der Waals surface area contributed by atoms with Crippen LogP contribution in [-0.4, -0.2) is 42.9 Å². The van der Waals surface area contributed by atoms with Crippen LogP contribution in [0.25, 0.3) is 0 Å². The number of rotatable bonds is 3. The van der Waals surface area contributed by atoms with Gasteiger partial charge >= 0.3 is 0 Å². The predicted molar refractivity (Wildman–Crippen MR) is 37.6 cm³/mol. The van der Waals surface area contributed by atoms with Crippen LogP contribution in [0.2, 0.25) is 0 Å². The van der Waals surface area contributed by atoms with Crippen molar-refractivity contribution < 1.29 is 9.50 Å². The highest BCUT2D eigenvalue weighted by Gasteiger charge is 2.20. The van der Waals surface area contributed by atoms with Gasteiger partial charge in [0.15, 0.2) is 0 Å². The molecule has 0 bridgehead atoms. The second-order valence-corrected chi connectivity index (χ2v) is 2.83. The highest BCUT2D eigenvalue weighted by molar-refractivity contribution is 4.74. The van der Waals surface area contributed by atoms with E-state index in [4.69, 9.17) is 5.11 Å². The number of aliphatic hydroxyl groups is 1. The molecule has 0 radical (unpaired) electrons. The number of hydrogen-bond acceptors (Lipinski definition) is 2. The van der Waals surface area contributed by atoms with E-state index in [9.17, 15) is 4.39 Å². The maximum absolute atomic E-state index is 11.8. The Kier molecular flexibility index (Phi) is 3.09. The number of hydrogen-bond donors (Lipinski definition) is 1. The zero-order chi connectivity index (χ0) is 7.40. The van der Waals surface area contributed by atoms with E-state index >= 15 is 0 Å². The molecule has 0 aromatic rings. The lowest BCUT2D eigenvalue weighted by Gasteiger charge is -2.11. The molecule has 1 rings (SSSR count). The van der Waals surface area contributed by atoms with Gasteiger partial charge in [-0.3, -0.25) is 0 Å². The molecule has 0 spiro atoms. The first-order chi connectivity index (χ1) is 4.86. The largest absolute Gasteiger partial charge is 0.396 e. The van der Waals surface area contributed by atoms with E-state index in [1.807, 2.05) is 0 Å². The average Bonchev–Trinajstić information content (AvgIpc) is 2.37. The summed E-state index contributed by atoms with van der Waals surface area (Å²) >= 11 is 0. The molecule has 2 nitrogen and oxygen atoms in total. The molecule has 0 aliphatic carbocycles. The van der Waals surface area contributed by atoms with Crippen LogP contribution in [0.15, 0.2) is 0 Å². The SMILES string of the molecule is OCC1CCN(CCF)C1. The van der Waals surface area contributed by atoms with Crippen molar-refractivity contribution >= 4 is 0 Å². The van der Waals surface area contributed by atoms with E-state index in [0.717, 1.165) is 19.5 Å². The zero-order valence-electron chi connectivity index (χ0n) is 6.09. The number of aliphatic hydroxyl groups excluding tert-OH is 1. The molecule has 3 heteroatoms. The Labute approximate surface area is 60.6 Å². The van der Waals surface area contributed by atoms with Crippen molar-refractivity contribution in [1.82, 2.24) is 4.90 Å². The summed E-state index contributed by atoms with van der Waals surface area (Å²) < 4.78 is 11.8. The molecule has 1 N–H and O–H groups in total. The Bertz CT molecular complexity index is 99.6. The lowest BCUT2D eigenvalue weighted by Crippen LogP contribution is -2.23. The summed E-state index contributed by atoms with van der Waals surface area (Å²) in [6, 6.07) is 0. The van der Waals surface area contributed by atoms with Gasteiger partial charge in [-0.2, -0.15) is 0 Å². The fraction of sp³-hybridized carbons (Fsp3) is 1.00. The molecule has 60 valence electrons. The summed E-state index contributed by atoms with van der Waals surface area (Å²) in [4.78, 5) is 2.06. The predicted octanol–water partition coefficient (Wildman–Crippen LogP) is 0.270. The summed E-state index contributed by atoms with van der Waals surface area (Å²) in [7, 11) is 0. The molecule has 10 heavy (non-hydrogen) atoms. The van der Waals surface area contributed by atoms with E-state index in [-0.39, 0.29) is 13.3 Å². The molecule has 1 aliphatic heterocycles.